The minimum Gasteiger partial charge on any atom is -0.324 e. The zero-order valence-corrected chi connectivity index (χ0v) is 17.4. The summed E-state index contributed by atoms with van der Waals surface area (Å²) < 4.78 is 41.5. The quantitative estimate of drug-likeness (QED) is 0.731. The molecule has 2 aromatic carbocycles. The molecule has 1 amide bonds. The number of benzene rings is 2. The van der Waals surface area contributed by atoms with Crippen LogP contribution in [-0.4, -0.2) is 39.3 Å². The molecule has 0 aromatic heterocycles. The Balaban J connectivity index is 2.39. The van der Waals surface area contributed by atoms with Gasteiger partial charge in [-0.3, -0.25) is 4.79 Å². The summed E-state index contributed by atoms with van der Waals surface area (Å²) in [5.41, 5.74) is 2.43. The third-order valence-electron chi connectivity index (χ3n) is 4.41. The largest absolute Gasteiger partial charge is 0.324 e. The minimum absolute atomic E-state index is 0.175. The van der Waals surface area contributed by atoms with Crippen molar-refractivity contribution in [3.05, 3.63) is 59.4 Å². The van der Waals surface area contributed by atoms with Crippen molar-refractivity contribution >= 4 is 27.5 Å². The molecule has 0 fully saturated rings. The van der Waals surface area contributed by atoms with Crippen LogP contribution in [0.4, 0.5) is 15.8 Å². The number of halogens is 1. The molecule has 28 heavy (non-hydrogen) atoms. The number of hydrogen-bond acceptors (Lipinski definition) is 3. The van der Waals surface area contributed by atoms with Gasteiger partial charge in [-0.1, -0.05) is 44.2 Å². The van der Waals surface area contributed by atoms with Gasteiger partial charge in [0.05, 0.1) is 5.69 Å². The van der Waals surface area contributed by atoms with Gasteiger partial charge in [-0.05, 0) is 36.1 Å². The summed E-state index contributed by atoms with van der Waals surface area (Å²) in [7, 11) is -1.40. The molecule has 6 nitrogen and oxygen atoms in total. The Bertz CT molecular complexity index is 923. The monoisotopic (exact) mass is 407 g/mol. The fourth-order valence-electron chi connectivity index (χ4n) is 2.85. The average molecular weight is 408 g/mol. The Morgan fingerprint density at radius 1 is 1.00 bits per heavy atom. The highest BCUT2D eigenvalue weighted by atomic mass is 32.2. The van der Waals surface area contributed by atoms with Crippen LogP contribution < -0.4 is 9.62 Å². The molecule has 0 bridgehead atoms. The van der Waals surface area contributed by atoms with E-state index in [1.54, 1.807) is 0 Å². The molecule has 152 valence electrons. The first-order valence-corrected chi connectivity index (χ1v) is 10.5. The first-order chi connectivity index (χ1) is 13.2. The predicted octanol–water partition coefficient (Wildman–Crippen LogP) is 3.20. The minimum atomic E-state index is -4.07. The van der Waals surface area contributed by atoms with Crippen molar-refractivity contribution in [2.45, 2.75) is 26.7 Å². The second kappa shape index (κ2) is 9.16. The summed E-state index contributed by atoms with van der Waals surface area (Å²) >= 11 is 0. The van der Waals surface area contributed by atoms with Crippen molar-refractivity contribution in [1.82, 2.24) is 4.31 Å². The van der Waals surface area contributed by atoms with E-state index in [0.29, 0.717) is 5.69 Å². The molecular formula is C20H26FN3O3S. The number of anilines is 2. The highest BCUT2D eigenvalue weighted by molar-refractivity contribution is 7.90. The van der Waals surface area contributed by atoms with E-state index < -0.39 is 28.5 Å². The van der Waals surface area contributed by atoms with Gasteiger partial charge >= 0.3 is 10.2 Å². The van der Waals surface area contributed by atoms with Crippen molar-refractivity contribution in [1.29, 1.82) is 0 Å². The van der Waals surface area contributed by atoms with Gasteiger partial charge in [0.2, 0.25) is 5.91 Å². The van der Waals surface area contributed by atoms with E-state index in [1.807, 2.05) is 32.0 Å². The second-order valence-corrected chi connectivity index (χ2v) is 8.52. The molecule has 0 aliphatic heterocycles. The maximum absolute atomic E-state index is 14.3. The SMILES string of the molecule is CCc1cccc(CC)c1NC(=O)CN(c1ccccc1F)S(=O)(=O)N(C)C. The lowest BCUT2D eigenvalue weighted by molar-refractivity contribution is -0.114. The van der Waals surface area contributed by atoms with Crippen LogP contribution in [0.15, 0.2) is 42.5 Å². The molecule has 0 heterocycles. The highest BCUT2D eigenvalue weighted by Gasteiger charge is 2.29. The van der Waals surface area contributed by atoms with Gasteiger partial charge < -0.3 is 5.32 Å². The normalized spacial score (nSPS) is 11.5. The number of para-hydroxylation sites is 2. The third-order valence-corrected chi connectivity index (χ3v) is 6.22. The molecule has 0 aliphatic carbocycles. The molecule has 1 N–H and O–H groups in total. The van der Waals surface area contributed by atoms with Crippen LogP contribution in [0.3, 0.4) is 0 Å². The zero-order chi connectivity index (χ0) is 20.9. The first-order valence-electron chi connectivity index (χ1n) is 9.07. The number of aryl methyl sites for hydroxylation is 2. The van der Waals surface area contributed by atoms with Gasteiger partial charge in [0, 0.05) is 19.8 Å². The Morgan fingerprint density at radius 3 is 2.07 bits per heavy atom. The molecule has 0 radical (unpaired) electrons. The number of carbonyl (C=O) groups is 1. The molecule has 0 saturated heterocycles. The number of amides is 1. The van der Waals surface area contributed by atoms with Crippen molar-refractivity contribution in [3.8, 4) is 0 Å². The number of nitrogens with one attached hydrogen (secondary N) is 1. The van der Waals surface area contributed by atoms with E-state index in [4.69, 9.17) is 0 Å². The Labute approximate surface area is 166 Å². The van der Waals surface area contributed by atoms with E-state index in [2.05, 4.69) is 5.32 Å². The number of nitrogens with zero attached hydrogens (tertiary/aromatic N) is 2. The summed E-state index contributed by atoms with van der Waals surface area (Å²) in [6.07, 6.45) is 1.44. The van der Waals surface area contributed by atoms with Crippen molar-refractivity contribution < 1.29 is 17.6 Å². The van der Waals surface area contributed by atoms with E-state index in [9.17, 15) is 17.6 Å². The van der Waals surface area contributed by atoms with Gasteiger partial charge in [-0.25, -0.2) is 8.70 Å². The van der Waals surface area contributed by atoms with Crippen molar-refractivity contribution in [2.24, 2.45) is 0 Å². The first kappa shape index (κ1) is 21.8. The lowest BCUT2D eigenvalue weighted by Gasteiger charge is -2.27. The van der Waals surface area contributed by atoms with Gasteiger partial charge in [-0.15, -0.1) is 0 Å². The Hall–Kier alpha value is -2.45. The number of carbonyl (C=O) groups excluding carboxylic acids is 1. The van der Waals surface area contributed by atoms with Crippen LogP contribution in [0.2, 0.25) is 0 Å². The molecule has 8 heteroatoms. The number of rotatable bonds is 8. The van der Waals surface area contributed by atoms with E-state index >= 15 is 0 Å². The van der Waals surface area contributed by atoms with Gasteiger partial charge in [0.1, 0.15) is 12.4 Å². The van der Waals surface area contributed by atoms with Gasteiger partial charge in [-0.2, -0.15) is 12.7 Å². The van der Waals surface area contributed by atoms with Crippen LogP contribution in [-0.2, 0) is 27.8 Å². The number of hydrogen-bond donors (Lipinski definition) is 1. The van der Waals surface area contributed by atoms with Crippen molar-refractivity contribution in [2.75, 3.05) is 30.3 Å². The van der Waals surface area contributed by atoms with Crippen LogP contribution >= 0.6 is 0 Å². The predicted molar refractivity (Wildman–Crippen MR) is 110 cm³/mol. The summed E-state index contributed by atoms with van der Waals surface area (Å²) in [4.78, 5) is 12.8. The fourth-order valence-corrected chi connectivity index (χ4v) is 3.93. The van der Waals surface area contributed by atoms with Crippen LogP contribution in [0.25, 0.3) is 0 Å². The van der Waals surface area contributed by atoms with Crippen molar-refractivity contribution in [3.63, 3.8) is 0 Å². The smallest absolute Gasteiger partial charge is 0.304 e. The molecule has 2 aromatic rings. The standard InChI is InChI=1S/C20H26FN3O3S/c1-5-15-10-9-11-16(6-2)20(15)22-19(25)14-24(28(26,27)23(3)4)18-13-8-7-12-17(18)21/h7-13H,5-6,14H2,1-4H3,(H,22,25). The topological polar surface area (TPSA) is 69.7 Å². The summed E-state index contributed by atoms with van der Waals surface area (Å²) in [6.45, 7) is 3.42. The van der Waals surface area contributed by atoms with Gasteiger partial charge in [0.25, 0.3) is 0 Å². The van der Waals surface area contributed by atoms with E-state index in [0.717, 1.165) is 38.6 Å². The highest BCUT2D eigenvalue weighted by Crippen LogP contribution is 2.25. The lowest BCUT2D eigenvalue weighted by atomic mass is 10.0. The molecule has 0 saturated carbocycles. The van der Waals surface area contributed by atoms with Gasteiger partial charge in [0.15, 0.2) is 0 Å². The molecule has 0 spiro atoms. The fraction of sp³-hybridized carbons (Fsp3) is 0.350. The maximum Gasteiger partial charge on any atom is 0.304 e. The summed E-state index contributed by atoms with van der Waals surface area (Å²) in [5.74, 6) is -1.26. The van der Waals surface area contributed by atoms with E-state index in [1.165, 1.54) is 32.3 Å². The average Bonchev–Trinajstić information content (AvgIpc) is 2.66. The van der Waals surface area contributed by atoms with E-state index in [-0.39, 0.29) is 5.69 Å². The molecule has 2 rings (SSSR count). The van der Waals surface area contributed by atoms with Crippen LogP contribution in [0, 0.1) is 5.82 Å². The Morgan fingerprint density at radius 2 is 1.57 bits per heavy atom. The molecular weight excluding hydrogens is 381 g/mol. The molecule has 0 unspecified atom stereocenters. The van der Waals surface area contributed by atoms with Crippen LogP contribution in [0.5, 0.6) is 0 Å². The summed E-state index contributed by atoms with van der Waals surface area (Å²) in [5, 5.41) is 2.83. The zero-order valence-electron chi connectivity index (χ0n) is 16.6. The third kappa shape index (κ3) is 4.69. The lowest BCUT2D eigenvalue weighted by Crippen LogP contribution is -2.44. The second-order valence-electron chi connectivity index (χ2n) is 6.45. The summed E-state index contributed by atoms with van der Waals surface area (Å²) in [6, 6.07) is 11.2. The molecule has 0 atom stereocenters. The molecule has 0 aliphatic rings. The van der Waals surface area contributed by atoms with Crippen LogP contribution in [0.1, 0.15) is 25.0 Å². The maximum atomic E-state index is 14.3. The Kier molecular flexibility index (Phi) is 7.15.